The Bertz CT molecular complexity index is 319. The van der Waals surface area contributed by atoms with Crippen molar-refractivity contribution in [1.82, 2.24) is 9.97 Å². The molecule has 1 rings (SSSR count). The molecule has 1 aromatic rings. The third-order valence-electron chi connectivity index (χ3n) is 1.38. The van der Waals surface area contributed by atoms with E-state index in [0.717, 1.165) is 0 Å². The molecule has 0 spiro atoms. The lowest BCUT2D eigenvalue weighted by atomic mass is 10.5. The quantitative estimate of drug-likeness (QED) is 0.557. The van der Waals surface area contributed by atoms with E-state index in [0.29, 0.717) is 5.88 Å². The molecule has 14 heavy (non-hydrogen) atoms. The summed E-state index contributed by atoms with van der Waals surface area (Å²) in [4.78, 5) is 18.2. The van der Waals surface area contributed by atoms with Crippen molar-refractivity contribution < 1.29 is 14.3 Å². The SMILES string of the molecule is COC(=O)CCOc1ccnc(Cl)n1. The number of hydrogen-bond acceptors (Lipinski definition) is 5. The Kier molecular flexibility index (Phi) is 4.12. The number of nitrogens with zero attached hydrogens (tertiary/aromatic N) is 2. The van der Waals surface area contributed by atoms with Crippen molar-refractivity contribution in [3.63, 3.8) is 0 Å². The number of halogens is 1. The van der Waals surface area contributed by atoms with Crippen molar-refractivity contribution in [2.24, 2.45) is 0 Å². The van der Waals surface area contributed by atoms with Gasteiger partial charge < -0.3 is 9.47 Å². The van der Waals surface area contributed by atoms with Gasteiger partial charge in [0.2, 0.25) is 11.2 Å². The molecule has 0 aromatic carbocycles. The lowest BCUT2D eigenvalue weighted by molar-refractivity contribution is -0.141. The Morgan fingerprint density at radius 1 is 1.64 bits per heavy atom. The summed E-state index contributed by atoms with van der Waals surface area (Å²) >= 11 is 5.52. The van der Waals surface area contributed by atoms with Crippen LogP contribution in [-0.2, 0) is 9.53 Å². The number of rotatable bonds is 4. The number of carbonyl (C=O) groups is 1. The van der Waals surface area contributed by atoms with Crippen LogP contribution in [0.2, 0.25) is 5.28 Å². The highest BCUT2D eigenvalue weighted by molar-refractivity contribution is 6.28. The summed E-state index contributed by atoms with van der Waals surface area (Å²) in [5.41, 5.74) is 0. The van der Waals surface area contributed by atoms with E-state index in [1.165, 1.54) is 13.3 Å². The van der Waals surface area contributed by atoms with Crippen molar-refractivity contribution in [3.05, 3.63) is 17.5 Å². The number of aromatic nitrogens is 2. The fourth-order valence-corrected chi connectivity index (χ4v) is 0.881. The molecule has 0 fully saturated rings. The summed E-state index contributed by atoms with van der Waals surface area (Å²) < 4.78 is 9.56. The molecular formula is C8H9ClN2O3. The highest BCUT2D eigenvalue weighted by atomic mass is 35.5. The Balaban J connectivity index is 2.35. The number of carbonyl (C=O) groups excluding carboxylic acids is 1. The molecule has 6 heteroatoms. The molecule has 1 aromatic heterocycles. The van der Waals surface area contributed by atoms with Gasteiger partial charge in [-0.1, -0.05) is 0 Å². The zero-order chi connectivity index (χ0) is 10.4. The standard InChI is InChI=1S/C8H9ClN2O3/c1-13-7(12)3-5-14-6-2-4-10-8(9)11-6/h2,4H,3,5H2,1H3. The van der Waals surface area contributed by atoms with E-state index < -0.39 is 0 Å². The van der Waals surface area contributed by atoms with Gasteiger partial charge in [-0.25, -0.2) is 4.98 Å². The summed E-state index contributed by atoms with van der Waals surface area (Å²) in [6.07, 6.45) is 1.65. The van der Waals surface area contributed by atoms with Gasteiger partial charge in [0.25, 0.3) is 0 Å². The Hall–Kier alpha value is -1.36. The Morgan fingerprint density at radius 3 is 3.07 bits per heavy atom. The van der Waals surface area contributed by atoms with E-state index in [9.17, 15) is 4.79 Å². The first kappa shape index (κ1) is 10.7. The highest BCUT2D eigenvalue weighted by Gasteiger charge is 2.01. The minimum atomic E-state index is -0.329. The highest BCUT2D eigenvalue weighted by Crippen LogP contribution is 2.08. The molecule has 0 radical (unpaired) electrons. The largest absolute Gasteiger partial charge is 0.477 e. The van der Waals surface area contributed by atoms with Gasteiger partial charge in [0, 0.05) is 12.3 Å². The lowest BCUT2D eigenvalue weighted by Gasteiger charge is -2.03. The van der Waals surface area contributed by atoms with E-state index >= 15 is 0 Å². The maximum Gasteiger partial charge on any atom is 0.308 e. The van der Waals surface area contributed by atoms with Gasteiger partial charge in [-0.3, -0.25) is 4.79 Å². The maximum absolute atomic E-state index is 10.7. The smallest absolute Gasteiger partial charge is 0.308 e. The van der Waals surface area contributed by atoms with Crippen LogP contribution >= 0.6 is 11.6 Å². The van der Waals surface area contributed by atoms with Crippen LogP contribution in [0.5, 0.6) is 5.88 Å². The number of ether oxygens (including phenoxy) is 2. The maximum atomic E-state index is 10.7. The first-order valence-electron chi connectivity index (χ1n) is 3.90. The van der Waals surface area contributed by atoms with Crippen LogP contribution in [0.4, 0.5) is 0 Å². The first-order valence-corrected chi connectivity index (χ1v) is 4.28. The summed E-state index contributed by atoms with van der Waals surface area (Å²) in [6, 6.07) is 1.56. The minimum absolute atomic E-state index is 0.112. The van der Waals surface area contributed by atoms with Crippen LogP contribution in [-0.4, -0.2) is 29.7 Å². The van der Waals surface area contributed by atoms with Crippen LogP contribution < -0.4 is 4.74 Å². The van der Waals surface area contributed by atoms with E-state index in [4.69, 9.17) is 16.3 Å². The molecule has 0 saturated heterocycles. The van der Waals surface area contributed by atoms with Crippen molar-refractivity contribution in [2.45, 2.75) is 6.42 Å². The van der Waals surface area contributed by atoms with E-state index in [1.807, 2.05) is 0 Å². The predicted octanol–water partition coefficient (Wildman–Crippen LogP) is 1.07. The summed E-state index contributed by atoms with van der Waals surface area (Å²) in [5, 5.41) is 0.112. The zero-order valence-corrected chi connectivity index (χ0v) is 8.32. The Labute approximate surface area is 86.0 Å². The second-order valence-corrected chi connectivity index (χ2v) is 2.68. The normalized spacial score (nSPS) is 9.57. The van der Waals surface area contributed by atoms with Crippen LogP contribution in [0.15, 0.2) is 12.3 Å². The molecule has 0 bridgehead atoms. The molecule has 1 heterocycles. The average Bonchev–Trinajstić information content (AvgIpc) is 2.17. The first-order chi connectivity index (χ1) is 6.72. The van der Waals surface area contributed by atoms with Gasteiger partial charge >= 0.3 is 5.97 Å². The molecular weight excluding hydrogens is 208 g/mol. The van der Waals surface area contributed by atoms with E-state index in [1.54, 1.807) is 6.07 Å². The zero-order valence-electron chi connectivity index (χ0n) is 7.57. The van der Waals surface area contributed by atoms with Gasteiger partial charge in [-0.15, -0.1) is 0 Å². The van der Waals surface area contributed by atoms with Gasteiger partial charge in [0.05, 0.1) is 13.5 Å². The molecule has 0 saturated carbocycles. The van der Waals surface area contributed by atoms with Gasteiger partial charge in [-0.2, -0.15) is 4.98 Å². The van der Waals surface area contributed by atoms with Crippen molar-refractivity contribution >= 4 is 17.6 Å². The molecule has 0 atom stereocenters. The summed E-state index contributed by atoms with van der Waals surface area (Å²) in [6.45, 7) is 0.208. The lowest BCUT2D eigenvalue weighted by Crippen LogP contribution is -2.08. The van der Waals surface area contributed by atoms with Gasteiger partial charge in [0.1, 0.15) is 6.61 Å². The topological polar surface area (TPSA) is 61.3 Å². The molecule has 0 N–H and O–H groups in total. The predicted molar refractivity (Wildman–Crippen MR) is 49.2 cm³/mol. The number of hydrogen-bond donors (Lipinski definition) is 0. The number of esters is 1. The third kappa shape index (κ3) is 3.57. The number of methoxy groups -OCH3 is 1. The van der Waals surface area contributed by atoms with Crippen LogP contribution in [0.1, 0.15) is 6.42 Å². The van der Waals surface area contributed by atoms with Crippen molar-refractivity contribution in [1.29, 1.82) is 0 Å². The summed E-state index contributed by atoms with van der Waals surface area (Å²) in [7, 11) is 1.32. The molecule has 5 nitrogen and oxygen atoms in total. The molecule has 0 amide bonds. The van der Waals surface area contributed by atoms with E-state index in [2.05, 4.69) is 14.7 Å². The second kappa shape index (κ2) is 5.39. The van der Waals surface area contributed by atoms with Crippen molar-refractivity contribution in [2.75, 3.05) is 13.7 Å². The fourth-order valence-electron chi connectivity index (χ4n) is 0.741. The summed E-state index contributed by atoms with van der Waals surface area (Å²) in [5.74, 6) is 0.0130. The minimum Gasteiger partial charge on any atom is -0.477 e. The van der Waals surface area contributed by atoms with Crippen molar-refractivity contribution in [3.8, 4) is 5.88 Å². The van der Waals surface area contributed by atoms with Crippen LogP contribution in [0.3, 0.4) is 0 Å². The third-order valence-corrected chi connectivity index (χ3v) is 1.57. The molecule has 0 aliphatic carbocycles. The van der Waals surface area contributed by atoms with Gasteiger partial charge in [-0.05, 0) is 11.6 Å². The van der Waals surface area contributed by atoms with Crippen LogP contribution in [0, 0.1) is 0 Å². The molecule has 0 aliphatic rings. The second-order valence-electron chi connectivity index (χ2n) is 2.34. The Morgan fingerprint density at radius 2 is 2.43 bits per heavy atom. The molecule has 0 aliphatic heterocycles. The fraction of sp³-hybridized carbons (Fsp3) is 0.375. The molecule has 76 valence electrons. The van der Waals surface area contributed by atoms with Crippen LogP contribution in [0.25, 0.3) is 0 Å². The average molecular weight is 217 g/mol. The van der Waals surface area contributed by atoms with Gasteiger partial charge in [0.15, 0.2) is 0 Å². The monoisotopic (exact) mass is 216 g/mol. The molecule has 0 unspecified atom stereocenters. The van der Waals surface area contributed by atoms with E-state index in [-0.39, 0.29) is 24.3 Å².